The number of hydrogen-bond acceptors (Lipinski definition) is 5. The van der Waals surface area contributed by atoms with E-state index in [1.54, 1.807) is 30.3 Å². The molecule has 1 aliphatic rings. The van der Waals surface area contributed by atoms with E-state index in [2.05, 4.69) is 10.6 Å². The third kappa shape index (κ3) is 5.52. The van der Waals surface area contributed by atoms with Crippen molar-refractivity contribution in [2.75, 3.05) is 39.6 Å². The van der Waals surface area contributed by atoms with E-state index in [1.807, 2.05) is 0 Å². The highest BCUT2D eigenvalue weighted by atomic mass is 32.2. The molecule has 0 unspecified atom stereocenters. The highest BCUT2D eigenvalue weighted by Crippen LogP contribution is 2.17. The first-order valence-corrected chi connectivity index (χ1v) is 9.51. The maximum absolute atomic E-state index is 12.0. The molecule has 1 aromatic carbocycles. The van der Waals surface area contributed by atoms with Gasteiger partial charge < -0.3 is 15.4 Å². The number of benzene rings is 1. The molecule has 138 valence electrons. The SMILES string of the molecule is CN(C)S(=O)(=O)C[C@@H]1COC[C@@H]1NC(=O)CNC(=O)c1ccccc1. The third-order valence-corrected chi connectivity index (χ3v) is 5.93. The number of hydrogen-bond donors (Lipinski definition) is 2. The minimum Gasteiger partial charge on any atom is -0.379 e. The van der Waals surface area contributed by atoms with Crippen LogP contribution in [0.15, 0.2) is 30.3 Å². The summed E-state index contributed by atoms with van der Waals surface area (Å²) in [6.45, 7) is 0.345. The first-order chi connectivity index (χ1) is 11.8. The molecule has 9 heteroatoms. The molecule has 2 N–H and O–H groups in total. The average molecular weight is 369 g/mol. The maximum Gasteiger partial charge on any atom is 0.251 e. The zero-order chi connectivity index (χ0) is 18.4. The van der Waals surface area contributed by atoms with Crippen molar-refractivity contribution in [3.63, 3.8) is 0 Å². The van der Waals surface area contributed by atoms with E-state index in [9.17, 15) is 18.0 Å². The Morgan fingerprint density at radius 2 is 1.88 bits per heavy atom. The number of carbonyl (C=O) groups is 2. The second-order valence-electron chi connectivity index (χ2n) is 6.08. The summed E-state index contributed by atoms with van der Waals surface area (Å²) < 4.78 is 30.4. The maximum atomic E-state index is 12.0. The summed E-state index contributed by atoms with van der Waals surface area (Å²) in [5.74, 6) is -1.14. The van der Waals surface area contributed by atoms with E-state index < -0.39 is 16.1 Å². The lowest BCUT2D eigenvalue weighted by Crippen LogP contribution is -2.47. The molecule has 8 nitrogen and oxygen atoms in total. The molecule has 2 amide bonds. The minimum atomic E-state index is -3.38. The molecule has 0 saturated carbocycles. The van der Waals surface area contributed by atoms with Crippen molar-refractivity contribution in [3.8, 4) is 0 Å². The zero-order valence-corrected chi connectivity index (χ0v) is 15.1. The average Bonchev–Trinajstić information content (AvgIpc) is 2.99. The number of ether oxygens (including phenoxy) is 1. The molecule has 25 heavy (non-hydrogen) atoms. The molecule has 0 aliphatic carbocycles. The van der Waals surface area contributed by atoms with Gasteiger partial charge in [-0.2, -0.15) is 0 Å². The van der Waals surface area contributed by atoms with E-state index in [-0.39, 0.29) is 43.2 Å². The van der Waals surface area contributed by atoms with Gasteiger partial charge in [-0.1, -0.05) is 18.2 Å². The predicted octanol–water partition coefficient (Wildman–Crippen LogP) is -0.561. The van der Waals surface area contributed by atoms with Crippen molar-refractivity contribution in [1.29, 1.82) is 0 Å². The van der Waals surface area contributed by atoms with Crippen molar-refractivity contribution in [2.45, 2.75) is 6.04 Å². The Balaban J connectivity index is 1.84. The quantitative estimate of drug-likeness (QED) is 0.670. The Bertz CT molecular complexity index is 706. The van der Waals surface area contributed by atoms with Crippen LogP contribution < -0.4 is 10.6 Å². The molecule has 0 bridgehead atoms. The smallest absolute Gasteiger partial charge is 0.251 e. The van der Waals surface area contributed by atoms with E-state index >= 15 is 0 Å². The number of carbonyl (C=O) groups excluding carboxylic acids is 2. The fraction of sp³-hybridized carbons (Fsp3) is 0.500. The lowest BCUT2D eigenvalue weighted by atomic mass is 10.1. The first-order valence-electron chi connectivity index (χ1n) is 7.90. The topological polar surface area (TPSA) is 105 Å². The van der Waals surface area contributed by atoms with E-state index in [0.29, 0.717) is 5.56 Å². The van der Waals surface area contributed by atoms with Crippen LogP contribution in [0, 0.1) is 5.92 Å². The molecule has 0 aromatic heterocycles. The van der Waals surface area contributed by atoms with Crippen LogP contribution in [0.1, 0.15) is 10.4 Å². The Hall–Kier alpha value is -1.97. The molecular formula is C16H23N3O5S. The van der Waals surface area contributed by atoms with Gasteiger partial charge in [-0.3, -0.25) is 9.59 Å². The standard InChI is InChI=1S/C16H23N3O5S/c1-19(2)25(22,23)11-13-9-24-10-14(13)18-15(20)8-17-16(21)12-6-4-3-5-7-12/h3-7,13-14H,8-11H2,1-2H3,(H,17,21)(H,18,20)/t13-,14-/m0/s1. The van der Waals surface area contributed by atoms with Gasteiger partial charge in [0, 0.05) is 25.6 Å². The van der Waals surface area contributed by atoms with Crippen LogP contribution in [0.5, 0.6) is 0 Å². The summed E-state index contributed by atoms with van der Waals surface area (Å²) in [6.07, 6.45) is 0. The van der Waals surface area contributed by atoms with Gasteiger partial charge >= 0.3 is 0 Å². The summed E-state index contributed by atoms with van der Waals surface area (Å²) in [6, 6.07) is 8.18. The second kappa shape index (κ2) is 8.41. The molecule has 1 saturated heterocycles. The monoisotopic (exact) mass is 369 g/mol. The number of rotatable bonds is 7. The lowest BCUT2D eigenvalue weighted by molar-refractivity contribution is -0.121. The van der Waals surface area contributed by atoms with Crippen LogP contribution in [0.2, 0.25) is 0 Å². The van der Waals surface area contributed by atoms with Crippen molar-refractivity contribution in [2.24, 2.45) is 5.92 Å². The Labute approximate surface area is 147 Å². The van der Waals surface area contributed by atoms with Gasteiger partial charge in [-0.15, -0.1) is 0 Å². The van der Waals surface area contributed by atoms with Crippen molar-refractivity contribution < 1.29 is 22.7 Å². The molecule has 0 spiro atoms. The van der Waals surface area contributed by atoms with Gasteiger partial charge in [-0.25, -0.2) is 12.7 Å². The largest absolute Gasteiger partial charge is 0.379 e. The highest BCUT2D eigenvalue weighted by Gasteiger charge is 2.34. The van der Waals surface area contributed by atoms with E-state index in [0.717, 1.165) is 4.31 Å². The molecule has 2 rings (SSSR count). The molecule has 1 fully saturated rings. The Morgan fingerprint density at radius 1 is 1.20 bits per heavy atom. The fourth-order valence-electron chi connectivity index (χ4n) is 2.45. The normalized spacial score (nSPS) is 20.4. The van der Waals surface area contributed by atoms with E-state index in [4.69, 9.17) is 4.74 Å². The van der Waals surface area contributed by atoms with Crippen molar-refractivity contribution >= 4 is 21.8 Å². The lowest BCUT2D eigenvalue weighted by Gasteiger charge is -2.21. The zero-order valence-electron chi connectivity index (χ0n) is 14.3. The number of nitrogens with zero attached hydrogens (tertiary/aromatic N) is 1. The minimum absolute atomic E-state index is 0.0959. The van der Waals surface area contributed by atoms with Gasteiger partial charge in [0.15, 0.2) is 0 Å². The summed E-state index contributed by atoms with van der Waals surface area (Å²) in [5.41, 5.74) is 0.467. The summed E-state index contributed by atoms with van der Waals surface area (Å²) in [5, 5.41) is 5.27. The Kier molecular flexibility index (Phi) is 6.51. The molecule has 1 aromatic rings. The summed E-state index contributed by atoms with van der Waals surface area (Å²) >= 11 is 0. The van der Waals surface area contributed by atoms with Gasteiger partial charge in [0.25, 0.3) is 5.91 Å². The van der Waals surface area contributed by atoms with Crippen LogP contribution in [0.3, 0.4) is 0 Å². The van der Waals surface area contributed by atoms with Crippen LogP contribution in [-0.2, 0) is 19.6 Å². The Morgan fingerprint density at radius 3 is 2.52 bits per heavy atom. The van der Waals surface area contributed by atoms with Gasteiger partial charge in [0.05, 0.1) is 31.6 Å². The highest BCUT2D eigenvalue weighted by molar-refractivity contribution is 7.89. The predicted molar refractivity (Wildman–Crippen MR) is 92.5 cm³/mol. The number of amides is 2. The van der Waals surface area contributed by atoms with Crippen molar-refractivity contribution in [1.82, 2.24) is 14.9 Å². The molecular weight excluding hydrogens is 346 g/mol. The fourth-order valence-corrected chi connectivity index (χ4v) is 3.62. The molecule has 0 radical (unpaired) electrons. The first kappa shape index (κ1) is 19.4. The van der Waals surface area contributed by atoms with Gasteiger partial charge in [0.2, 0.25) is 15.9 Å². The van der Waals surface area contributed by atoms with Crippen LogP contribution in [0.25, 0.3) is 0 Å². The van der Waals surface area contributed by atoms with E-state index in [1.165, 1.54) is 14.1 Å². The van der Waals surface area contributed by atoms with Gasteiger partial charge in [0.1, 0.15) is 0 Å². The van der Waals surface area contributed by atoms with Crippen LogP contribution in [-0.4, -0.2) is 70.2 Å². The molecule has 1 heterocycles. The number of sulfonamides is 1. The third-order valence-electron chi connectivity index (χ3n) is 3.97. The molecule has 2 atom stereocenters. The van der Waals surface area contributed by atoms with Crippen LogP contribution >= 0.6 is 0 Å². The second-order valence-corrected chi connectivity index (χ2v) is 8.31. The number of nitrogens with one attached hydrogen (secondary N) is 2. The van der Waals surface area contributed by atoms with Crippen molar-refractivity contribution in [3.05, 3.63) is 35.9 Å². The summed E-state index contributed by atoms with van der Waals surface area (Å²) in [7, 11) is -0.440. The molecule has 1 aliphatic heterocycles. The van der Waals surface area contributed by atoms with Gasteiger partial charge in [-0.05, 0) is 12.1 Å². The van der Waals surface area contributed by atoms with Crippen LogP contribution in [0.4, 0.5) is 0 Å². The summed E-state index contributed by atoms with van der Waals surface area (Å²) in [4.78, 5) is 24.0.